The van der Waals surface area contributed by atoms with Crippen molar-refractivity contribution in [2.75, 3.05) is 13.2 Å². The van der Waals surface area contributed by atoms with E-state index in [1.807, 2.05) is 24.3 Å². The first-order chi connectivity index (χ1) is 15.5. The van der Waals surface area contributed by atoms with Crippen LogP contribution < -0.4 is 10.6 Å². The summed E-state index contributed by atoms with van der Waals surface area (Å²) in [6.45, 7) is 2.25. The molecule has 1 atom stereocenters. The number of nitrogens with one attached hydrogen (secondary N) is 2. The van der Waals surface area contributed by atoms with Gasteiger partial charge in [0.15, 0.2) is 0 Å². The van der Waals surface area contributed by atoms with Gasteiger partial charge in [0.05, 0.1) is 0 Å². The van der Waals surface area contributed by atoms with Crippen LogP contribution in [0.15, 0.2) is 48.5 Å². The number of unbranched alkanes of at least 4 members (excludes halogenated alkanes) is 3. The Morgan fingerprint density at radius 1 is 0.938 bits per heavy atom. The van der Waals surface area contributed by atoms with Crippen molar-refractivity contribution in [3.63, 3.8) is 0 Å². The fourth-order valence-electron chi connectivity index (χ4n) is 3.98. The minimum absolute atomic E-state index is 0.0446. The van der Waals surface area contributed by atoms with Gasteiger partial charge in [-0.15, -0.1) is 0 Å². The molecule has 2 amide bonds. The van der Waals surface area contributed by atoms with Crippen LogP contribution >= 0.6 is 0 Å². The molecule has 0 spiro atoms. The molecular weight excluding hydrogens is 408 g/mol. The van der Waals surface area contributed by atoms with Crippen molar-refractivity contribution in [2.45, 2.75) is 51.0 Å². The van der Waals surface area contributed by atoms with Crippen LogP contribution in [0, 0.1) is 0 Å². The van der Waals surface area contributed by atoms with Crippen LogP contribution in [-0.4, -0.2) is 42.3 Å². The maximum absolute atomic E-state index is 12.1. The van der Waals surface area contributed by atoms with Crippen molar-refractivity contribution >= 4 is 18.0 Å². The van der Waals surface area contributed by atoms with E-state index < -0.39 is 18.1 Å². The minimum Gasteiger partial charge on any atom is -0.480 e. The van der Waals surface area contributed by atoms with E-state index in [1.165, 1.54) is 29.2 Å². The smallest absolute Gasteiger partial charge is 0.407 e. The standard InChI is InChI=1S/C25H30N2O5/c1-17(24(29)30)27-23(28)14-4-2-3-9-15-26-25(31)32-16-22-20-12-7-5-10-18(20)19-11-6-8-13-21(19)22/h5-8,10-13,17,22H,2-4,9,14-16H2,1H3,(H,26,31)(H,27,28)(H,29,30)/t17-/m1/s1. The number of benzene rings is 2. The number of ether oxygens (including phenoxy) is 1. The van der Waals surface area contributed by atoms with Crippen LogP contribution in [0.1, 0.15) is 56.1 Å². The maximum Gasteiger partial charge on any atom is 0.407 e. The molecule has 0 unspecified atom stereocenters. The highest BCUT2D eigenvalue weighted by atomic mass is 16.5. The van der Waals surface area contributed by atoms with E-state index in [0.29, 0.717) is 26.0 Å². The van der Waals surface area contributed by atoms with Crippen molar-refractivity contribution in [3.05, 3.63) is 59.7 Å². The number of carbonyl (C=O) groups is 3. The summed E-state index contributed by atoms with van der Waals surface area (Å²) in [7, 11) is 0. The topological polar surface area (TPSA) is 105 Å². The molecule has 7 nitrogen and oxygen atoms in total. The van der Waals surface area contributed by atoms with Gasteiger partial charge >= 0.3 is 12.1 Å². The second kappa shape index (κ2) is 11.3. The molecule has 0 saturated carbocycles. The number of rotatable bonds is 11. The molecule has 0 heterocycles. The summed E-state index contributed by atoms with van der Waals surface area (Å²) in [5, 5.41) is 14.0. The molecule has 3 rings (SSSR count). The lowest BCUT2D eigenvalue weighted by molar-refractivity contribution is -0.141. The molecule has 1 aliphatic carbocycles. The van der Waals surface area contributed by atoms with Gasteiger partial charge in [-0.2, -0.15) is 0 Å². The van der Waals surface area contributed by atoms with Gasteiger partial charge in [-0.1, -0.05) is 61.4 Å². The Labute approximate surface area is 188 Å². The zero-order valence-electron chi connectivity index (χ0n) is 18.3. The summed E-state index contributed by atoms with van der Waals surface area (Å²) in [6.07, 6.45) is 3.05. The maximum atomic E-state index is 12.1. The minimum atomic E-state index is -1.04. The Morgan fingerprint density at radius 2 is 1.53 bits per heavy atom. The van der Waals surface area contributed by atoms with Gasteiger partial charge in [0.1, 0.15) is 12.6 Å². The molecule has 7 heteroatoms. The van der Waals surface area contributed by atoms with Gasteiger partial charge in [0.2, 0.25) is 5.91 Å². The molecule has 0 radical (unpaired) electrons. The second-order valence-corrected chi connectivity index (χ2v) is 8.04. The van der Waals surface area contributed by atoms with Gasteiger partial charge in [-0.25, -0.2) is 4.79 Å². The van der Waals surface area contributed by atoms with Gasteiger partial charge in [-0.05, 0) is 42.0 Å². The summed E-state index contributed by atoms with van der Waals surface area (Å²) in [5.74, 6) is -1.25. The van der Waals surface area contributed by atoms with Gasteiger partial charge in [0.25, 0.3) is 0 Å². The van der Waals surface area contributed by atoms with Crippen LogP contribution in [-0.2, 0) is 14.3 Å². The van der Waals surface area contributed by atoms with Crippen molar-refractivity contribution < 1.29 is 24.2 Å². The molecule has 1 aliphatic rings. The number of carboxylic acid groups (broad SMARTS) is 1. The Kier molecular flexibility index (Phi) is 8.25. The molecular formula is C25H30N2O5. The molecule has 32 heavy (non-hydrogen) atoms. The van der Waals surface area contributed by atoms with Crippen molar-refractivity contribution in [3.8, 4) is 11.1 Å². The lowest BCUT2D eigenvalue weighted by Gasteiger charge is -2.14. The molecule has 0 aliphatic heterocycles. The first-order valence-corrected chi connectivity index (χ1v) is 11.1. The number of carbonyl (C=O) groups excluding carboxylic acids is 2. The number of alkyl carbamates (subject to hydrolysis) is 1. The van der Waals surface area contributed by atoms with E-state index in [0.717, 1.165) is 19.3 Å². The van der Waals surface area contributed by atoms with Crippen LogP contribution in [0.25, 0.3) is 11.1 Å². The molecule has 0 bridgehead atoms. The van der Waals surface area contributed by atoms with Gasteiger partial charge in [-0.3, -0.25) is 9.59 Å². The molecule has 2 aromatic carbocycles. The second-order valence-electron chi connectivity index (χ2n) is 8.04. The molecule has 3 N–H and O–H groups in total. The fourth-order valence-corrected chi connectivity index (χ4v) is 3.98. The van der Waals surface area contributed by atoms with E-state index in [9.17, 15) is 14.4 Å². The van der Waals surface area contributed by atoms with Gasteiger partial charge in [0, 0.05) is 18.9 Å². The zero-order valence-corrected chi connectivity index (χ0v) is 18.3. The third kappa shape index (κ3) is 6.09. The Bertz CT molecular complexity index is 913. The van der Waals surface area contributed by atoms with Gasteiger partial charge < -0.3 is 20.5 Å². The highest BCUT2D eigenvalue weighted by Crippen LogP contribution is 2.44. The lowest BCUT2D eigenvalue weighted by Crippen LogP contribution is -2.38. The average Bonchev–Trinajstić information content (AvgIpc) is 3.10. The molecule has 0 aromatic heterocycles. The van der Waals surface area contributed by atoms with E-state index in [-0.39, 0.29) is 11.8 Å². The lowest BCUT2D eigenvalue weighted by atomic mass is 9.98. The summed E-state index contributed by atoms with van der Waals surface area (Å²) in [4.78, 5) is 34.5. The van der Waals surface area contributed by atoms with Crippen molar-refractivity contribution in [1.82, 2.24) is 10.6 Å². The summed E-state index contributed by atoms with van der Waals surface area (Å²) in [5.41, 5.74) is 4.76. The number of amides is 2. The van der Waals surface area contributed by atoms with Crippen LogP contribution in [0.5, 0.6) is 0 Å². The quantitative estimate of drug-likeness (QED) is 0.459. The zero-order chi connectivity index (χ0) is 22.9. The number of hydrogen-bond acceptors (Lipinski definition) is 4. The third-order valence-electron chi connectivity index (χ3n) is 5.69. The number of fused-ring (bicyclic) bond motifs is 3. The number of hydrogen-bond donors (Lipinski definition) is 3. The Balaban J connectivity index is 1.31. The highest BCUT2D eigenvalue weighted by molar-refractivity contribution is 5.83. The van der Waals surface area contributed by atoms with E-state index in [2.05, 4.69) is 34.9 Å². The van der Waals surface area contributed by atoms with Crippen LogP contribution in [0.3, 0.4) is 0 Å². The summed E-state index contributed by atoms with van der Waals surface area (Å²) < 4.78 is 5.50. The number of aliphatic carboxylic acids is 1. The molecule has 0 saturated heterocycles. The van der Waals surface area contributed by atoms with E-state index >= 15 is 0 Å². The van der Waals surface area contributed by atoms with E-state index in [1.54, 1.807) is 0 Å². The molecule has 0 fully saturated rings. The average molecular weight is 439 g/mol. The molecule has 2 aromatic rings. The van der Waals surface area contributed by atoms with Crippen molar-refractivity contribution in [1.29, 1.82) is 0 Å². The van der Waals surface area contributed by atoms with Crippen molar-refractivity contribution in [2.24, 2.45) is 0 Å². The predicted octanol–water partition coefficient (Wildman–Crippen LogP) is 4.06. The largest absolute Gasteiger partial charge is 0.480 e. The van der Waals surface area contributed by atoms with E-state index in [4.69, 9.17) is 9.84 Å². The SMILES string of the molecule is C[C@@H](NC(=O)CCCCCCNC(=O)OCC1c2ccccc2-c2ccccc21)C(=O)O. The first-order valence-electron chi connectivity index (χ1n) is 11.1. The summed E-state index contributed by atoms with van der Waals surface area (Å²) in [6, 6.07) is 15.6. The fraction of sp³-hybridized carbons (Fsp3) is 0.400. The third-order valence-corrected chi connectivity index (χ3v) is 5.69. The normalized spacial score (nSPS) is 13.0. The molecule has 170 valence electrons. The number of carboxylic acids is 1. The Morgan fingerprint density at radius 3 is 2.16 bits per heavy atom. The predicted molar refractivity (Wildman–Crippen MR) is 121 cm³/mol. The van der Waals surface area contributed by atoms with Crippen LogP contribution in [0.2, 0.25) is 0 Å². The Hall–Kier alpha value is -3.35. The first kappa shape index (κ1) is 23.3. The highest BCUT2D eigenvalue weighted by Gasteiger charge is 2.28. The summed E-state index contributed by atoms with van der Waals surface area (Å²) >= 11 is 0. The monoisotopic (exact) mass is 438 g/mol. The van der Waals surface area contributed by atoms with Crippen LogP contribution in [0.4, 0.5) is 4.79 Å².